The summed E-state index contributed by atoms with van der Waals surface area (Å²) in [4.78, 5) is 0. The van der Waals surface area contributed by atoms with Gasteiger partial charge in [0, 0.05) is 0 Å². The van der Waals surface area contributed by atoms with Crippen molar-refractivity contribution in [3.63, 3.8) is 0 Å². The van der Waals surface area contributed by atoms with Crippen molar-refractivity contribution in [1.29, 1.82) is 0 Å². The van der Waals surface area contributed by atoms with E-state index in [1.54, 1.807) is 0 Å². The van der Waals surface area contributed by atoms with Crippen LogP contribution in [-0.2, 0) is 0 Å². The zero-order valence-corrected chi connectivity index (χ0v) is 14.8. The van der Waals surface area contributed by atoms with Gasteiger partial charge in [-0.05, 0) is 44.7 Å². The van der Waals surface area contributed by atoms with Gasteiger partial charge in [0.15, 0.2) is 0 Å². The molecule has 0 saturated carbocycles. The molecule has 0 fully saturated rings. The molecule has 0 aromatic heterocycles. The minimum absolute atomic E-state index is 0.446. The summed E-state index contributed by atoms with van der Waals surface area (Å²) >= 11 is 0. The van der Waals surface area contributed by atoms with Gasteiger partial charge in [-0.3, -0.25) is 0 Å². The van der Waals surface area contributed by atoms with Crippen molar-refractivity contribution >= 4 is 0 Å². The summed E-state index contributed by atoms with van der Waals surface area (Å²) in [5, 5.41) is 7.33. The largest absolute Gasteiger partial charge is 0.302 e. The molecular weight excluding hydrogens is 244 g/mol. The fourth-order valence-electron chi connectivity index (χ4n) is 2.65. The summed E-state index contributed by atoms with van der Waals surface area (Å²) in [6.07, 6.45) is 11.2. The van der Waals surface area contributed by atoms with Crippen LogP contribution in [-0.4, -0.2) is 19.3 Å². The predicted molar refractivity (Wildman–Crippen MR) is 92.1 cm³/mol. The molecule has 2 unspecified atom stereocenters. The zero-order chi connectivity index (χ0) is 15.2. The number of hydrogen-bond acceptors (Lipinski definition) is 2. The average molecular weight is 285 g/mol. The highest BCUT2D eigenvalue weighted by Crippen LogP contribution is 2.12. The van der Waals surface area contributed by atoms with E-state index in [2.05, 4.69) is 45.3 Å². The molecule has 0 rings (SSSR count). The molecule has 0 aliphatic carbocycles. The molecule has 2 N–H and O–H groups in total. The molecule has 0 aliphatic heterocycles. The Hall–Kier alpha value is -0.0800. The second-order valence-electron chi connectivity index (χ2n) is 6.37. The van der Waals surface area contributed by atoms with Crippen LogP contribution in [0, 0.1) is 11.8 Å². The van der Waals surface area contributed by atoms with E-state index in [1.165, 1.54) is 51.4 Å². The van der Waals surface area contributed by atoms with E-state index in [0.29, 0.717) is 6.17 Å². The van der Waals surface area contributed by atoms with Crippen LogP contribution in [0.15, 0.2) is 0 Å². The van der Waals surface area contributed by atoms with Crippen molar-refractivity contribution in [2.24, 2.45) is 11.8 Å². The van der Waals surface area contributed by atoms with E-state index in [4.69, 9.17) is 0 Å². The van der Waals surface area contributed by atoms with Crippen LogP contribution in [0.1, 0.15) is 86.0 Å². The maximum Gasteiger partial charge on any atom is 0.0542 e. The summed E-state index contributed by atoms with van der Waals surface area (Å²) in [6.45, 7) is 13.8. The Balaban J connectivity index is 3.76. The third-order valence-corrected chi connectivity index (χ3v) is 4.51. The van der Waals surface area contributed by atoms with E-state index in [0.717, 1.165) is 24.9 Å². The summed E-state index contributed by atoms with van der Waals surface area (Å²) in [7, 11) is 0. The third-order valence-electron chi connectivity index (χ3n) is 4.51. The first-order valence-electron chi connectivity index (χ1n) is 9.14. The smallest absolute Gasteiger partial charge is 0.0542 e. The van der Waals surface area contributed by atoms with Crippen molar-refractivity contribution in [2.45, 2.75) is 92.2 Å². The molecular formula is C18H40N2. The Morgan fingerprint density at radius 3 is 1.40 bits per heavy atom. The molecule has 0 heterocycles. The van der Waals surface area contributed by atoms with Crippen molar-refractivity contribution in [2.75, 3.05) is 13.1 Å². The maximum atomic E-state index is 3.67. The van der Waals surface area contributed by atoms with Crippen molar-refractivity contribution in [1.82, 2.24) is 10.6 Å². The van der Waals surface area contributed by atoms with Gasteiger partial charge in [0.2, 0.25) is 0 Å². The van der Waals surface area contributed by atoms with Gasteiger partial charge in [0.1, 0.15) is 0 Å². The number of nitrogens with one attached hydrogen (secondary N) is 2. The monoisotopic (exact) mass is 284 g/mol. The van der Waals surface area contributed by atoms with Crippen LogP contribution < -0.4 is 10.6 Å². The van der Waals surface area contributed by atoms with Crippen LogP contribution >= 0.6 is 0 Å². The maximum absolute atomic E-state index is 3.67. The molecule has 0 radical (unpaired) electrons. The van der Waals surface area contributed by atoms with E-state index in [1.807, 2.05) is 0 Å². The van der Waals surface area contributed by atoms with Crippen molar-refractivity contribution in [3.05, 3.63) is 0 Å². The Morgan fingerprint density at radius 2 is 1.10 bits per heavy atom. The third kappa shape index (κ3) is 10.7. The fraction of sp³-hybridized carbons (Fsp3) is 1.00. The van der Waals surface area contributed by atoms with Crippen LogP contribution in [0.25, 0.3) is 0 Å². The van der Waals surface area contributed by atoms with Crippen LogP contribution in [0.3, 0.4) is 0 Å². The first kappa shape index (κ1) is 19.9. The molecule has 0 aromatic carbocycles. The molecule has 0 bridgehead atoms. The molecule has 2 atom stereocenters. The molecule has 0 aliphatic rings. The average Bonchev–Trinajstić information content (AvgIpc) is 2.47. The highest BCUT2D eigenvalue weighted by Gasteiger charge is 2.10. The van der Waals surface area contributed by atoms with Gasteiger partial charge in [-0.2, -0.15) is 0 Å². The molecule has 2 heteroatoms. The second-order valence-corrected chi connectivity index (χ2v) is 6.37. The van der Waals surface area contributed by atoms with Crippen LogP contribution in [0.4, 0.5) is 0 Å². The topological polar surface area (TPSA) is 24.1 Å². The number of unbranched alkanes of at least 4 members (excludes halogenated alkanes) is 2. The van der Waals surface area contributed by atoms with Crippen molar-refractivity contribution < 1.29 is 0 Å². The highest BCUT2D eigenvalue weighted by molar-refractivity contribution is 4.67. The summed E-state index contributed by atoms with van der Waals surface area (Å²) in [5.41, 5.74) is 0. The molecule has 122 valence electrons. The molecule has 2 nitrogen and oxygen atoms in total. The van der Waals surface area contributed by atoms with Gasteiger partial charge in [-0.1, -0.05) is 66.2 Å². The molecule has 0 amide bonds. The van der Waals surface area contributed by atoms with E-state index < -0.39 is 0 Å². The van der Waals surface area contributed by atoms with E-state index >= 15 is 0 Å². The van der Waals surface area contributed by atoms with Gasteiger partial charge < -0.3 is 10.6 Å². The number of hydrogen-bond donors (Lipinski definition) is 2. The standard InChI is InChI=1S/C18H40N2/c1-6-10-12-17(8-3)14-19-16(5)20-15-18(9-4)13-11-7-2/h16-20H,6-15H2,1-5H3. The second kappa shape index (κ2) is 13.9. The lowest BCUT2D eigenvalue weighted by atomic mass is 9.99. The summed E-state index contributed by atoms with van der Waals surface area (Å²) in [6, 6.07) is 0. The molecule has 20 heavy (non-hydrogen) atoms. The first-order valence-corrected chi connectivity index (χ1v) is 9.14. The van der Waals surface area contributed by atoms with Crippen LogP contribution in [0.5, 0.6) is 0 Å². The predicted octanol–water partition coefficient (Wildman–Crippen LogP) is 4.94. The quantitative estimate of drug-likeness (QED) is 0.441. The lowest BCUT2D eigenvalue weighted by Crippen LogP contribution is -2.43. The minimum atomic E-state index is 0.446. The van der Waals surface area contributed by atoms with Crippen LogP contribution in [0.2, 0.25) is 0 Å². The lowest BCUT2D eigenvalue weighted by molar-refractivity contribution is 0.338. The fourth-order valence-corrected chi connectivity index (χ4v) is 2.65. The van der Waals surface area contributed by atoms with E-state index in [-0.39, 0.29) is 0 Å². The van der Waals surface area contributed by atoms with Gasteiger partial charge in [-0.15, -0.1) is 0 Å². The van der Waals surface area contributed by atoms with E-state index in [9.17, 15) is 0 Å². The highest BCUT2D eigenvalue weighted by atomic mass is 15.1. The van der Waals surface area contributed by atoms with Crippen molar-refractivity contribution in [3.8, 4) is 0 Å². The Kier molecular flexibility index (Phi) is 13.8. The lowest BCUT2D eigenvalue weighted by Gasteiger charge is -2.23. The Bertz CT molecular complexity index is 174. The summed E-state index contributed by atoms with van der Waals surface area (Å²) in [5.74, 6) is 1.70. The molecule has 0 aromatic rings. The molecule has 0 spiro atoms. The Labute approximate surface area is 128 Å². The van der Waals surface area contributed by atoms with Gasteiger partial charge in [-0.25, -0.2) is 0 Å². The summed E-state index contributed by atoms with van der Waals surface area (Å²) < 4.78 is 0. The van der Waals surface area contributed by atoms with Gasteiger partial charge in [0.25, 0.3) is 0 Å². The normalized spacial score (nSPS) is 16.1. The minimum Gasteiger partial charge on any atom is -0.302 e. The first-order chi connectivity index (χ1) is 9.67. The van der Waals surface area contributed by atoms with Gasteiger partial charge >= 0.3 is 0 Å². The Morgan fingerprint density at radius 1 is 0.700 bits per heavy atom. The number of rotatable bonds is 14. The molecule has 0 saturated heterocycles. The van der Waals surface area contributed by atoms with Gasteiger partial charge in [0.05, 0.1) is 6.17 Å². The zero-order valence-electron chi connectivity index (χ0n) is 14.8. The SMILES string of the molecule is CCCCC(CC)CNC(C)NCC(CC)CCCC.